The summed E-state index contributed by atoms with van der Waals surface area (Å²) in [7, 11) is 0. The Morgan fingerprint density at radius 3 is 1.06 bits per heavy atom. The van der Waals surface area contributed by atoms with Crippen LogP contribution in [-0.4, -0.2) is 58.8 Å². The van der Waals surface area contributed by atoms with Gasteiger partial charge in [-0.05, 0) is 79.8 Å². The lowest BCUT2D eigenvalue weighted by molar-refractivity contribution is 0.0479. The fourth-order valence-electron chi connectivity index (χ4n) is 1.94. The van der Waals surface area contributed by atoms with Gasteiger partial charge in [0.05, 0.1) is 12.1 Å². The van der Waals surface area contributed by atoms with Gasteiger partial charge in [-0.1, -0.05) is 41.5 Å². The molecule has 0 aliphatic heterocycles. The van der Waals surface area contributed by atoms with E-state index < -0.39 is 23.4 Å². The predicted octanol–water partition coefficient (Wildman–Crippen LogP) is 6.58. The lowest BCUT2D eigenvalue weighted by Gasteiger charge is -2.24. The normalized spacial score (nSPS) is 13.7. The van der Waals surface area contributed by atoms with Gasteiger partial charge in [-0.2, -0.15) is 0 Å². The van der Waals surface area contributed by atoms with E-state index in [1.165, 1.54) is 0 Å². The van der Waals surface area contributed by atoms with Crippen LogP contribution in [0.1, 0.15) is 96.9 Å². The van der Waals surface area contributed by atoms with Crippen LogP contribution < -0.4 is 10.6 Å². The maximum atomic E-state index is 11.5. The first-order valence-electron chi connectivity index (χ1n) is 12.2. The van der Waals surface area contributed by atoms with E-state index in [2.05, 4.69) is 10.6 Å². The average Bonchev–Trinajstić information content (AvgIpc) is 2.59. The van der Waals surface area contributed by atoms with E-state index in [1.807, 2.05) is 96.9 Å². The van der Waals surface area contributed by atoms with Crippen molar-refractivity contribution in [2.45, 2.75) is 120 Å². The van der Waals surface area contributed by atoms with Crippen LogP contribution in [0.2, 0.25) is 0 Å². The molecule has 36 heavy (non-hydrogen) atoms. The van der Waals surface area contributed by atoms with Crippen LogP contribution in [0, 0.1) is 10.8 Å². The SMILES string of the molecule is C[C@@H](COC(=S)C(C)(C)C)NC(=O)OC(C)(C)C.C[C@H](COC(=S)C(C)(C)C)NC(=O)OC(C)(C)C. The highest BCUT2D eigenvalue weighted by Gasteiger charge is 2.22. The molecule has 2 amide bonds. The summed E-state index contributed by atoms with van der Waals surface area (Å²) in [6, 6.07) is -0.305. The molecule has 0 saturated carbocycles. The Bertz CT molecular complexity index is 667. The first-order chi connectivity index (χ1) is 15.8. The fourth-order valence-corrected chi connectivity index (χ4v) is 2.07. The summed E-state index contributed by atoms with van der Waals surface area (Å²) in [5.74, 6) is 0. The molecule has 0 heterocycles. The van der Waals surface area contributed by atoms with Gasteiger partial charge < -0.3 is 29.6 Å². The van der Waals surface area contributed by atoms with Crippen LogP contribution in [-0.2, 0) is 18.9 Å². The number of alkyl carbamates (subject to hydrolysis) is 2. The van der Waals surface area contributed by atoms with E-state index in [-0.39, 0.29) is 22.9 Å². The molecule has 0 radical (unpaired) electrons. The van der Waals surface area contributed by atoms with Crippen LogP contribution >= 0.6 is 24.4 Å². The van der Waals surface area contributed by atoms with E-state index in [9.17, 15) is 9.59 Å². The fraction of sp³-hybridized carbons (Fsp3) is 0.846. The van der Waals surface area contributed by atoms with Crippen LogP contribution in [0.3, 0.4) is 0 Å². The Morgan fingerprint density at radius 2 is 0.861 bits per heavy atom. The van der Waals surface area contributed by atoms with Gasteiger partial charge in [-0.3, -0.25) is 0 Å². The second kappa shape index (κ2) is 14.9. The molecular weight excluding hydrogens is 500 g/mol. The van der Waals surface area contributed by atoms with Crippen molar-refractivity contribution in [3.05, 3.63) is 0 Å². The molecule has 0 aromatic rings. The minimum absolute atomic E-state index is 0.153. The summed E-state index contributed by atoms with van der Waals surface area (Å²) in [6.45, 7) is 27.2. The molecule has 0 aliphatic rings. The Morgan fingerprint density at radius 1 is 0.611 bits per heavy atom. The van der Waals surface area contributed by atoms with Crippen molar-refractivity contribution in [3.63, 3.8) is 0 Å². The summed E-state index contributed by atoms with van der Waals surface area (Å²) in [5, 5.41) is 6.48. The molecule has 0 spiro atoms. The molecule has 0 saturated heterocycles. The summed E-state index contributed by atoms with van der Waals surface area (Å²) < 4.78 is 21.2. The van der Waals surface area contributed by atoms with Crippen molar-refractivity contribution >= 4 is 46.7 Å². The summed E-state index contributed by atoms with van der Waals surface area (Å²) in [5.41, 5.74) is -1.32. The zero-order valence-corrected chi connectivity index (χ0v) is 26.5. The van der Waals surface area contributed by atoms with E-state index in [4.69, 9.17) is 43.4 Å². The third kappa shape index (κ3) is 21.6. The summed E-state index contributed by atoms with van der Waals surface area (Å²) in [6.07, 6.45) is -0.888. The van der Waals surface area contributed by atoms with Gasteiger partial charge in [0, 0.05) is 10.8 Å². The number of carbonyl (C=O) groups is 2. The molecule has 8 nitrogen and oxygen atoms in total. The summed E-state index contributed by atoms with van der Waals surface area (Å²) in [4.78, 5) is 23.0. The average molecular weight is 551 g/mol. The highest BCUT2D eigenvalue weighted by molar-refractivity contribution is 7.80. The molecule has 0 rings (SSSR count). The zero-order chi connectivity index (χ0) is 29.1. The molecule has 0 aliphatic carbocycles. The van der Waals surface area contributed by atoms with E-state index in [0.717, 1.165) is 0 Å². The standard InChI is InChI=1S/2C13H25NO3S/c2*1-9(8-16-10(18)12(2,3)4)14-11(15)17-13(5,6)7/h2*9H,8H2,1-7H3,(H,14,15)/t2*9-/m10/s1. The van der Waals surface area contributed by atoms with Gasteiger partial charge in [0.15, 0.2) is 10.1 Å². The van der Waals surface area contributed by atoms with Crippen LogP contribution in [0.5, 0.6) is 0 Å². The number of hydrogen-bond acceptors (Lipinski definition) is 8. The van der Waals surface area contributed by atoms with Gasteiger partial charge >= 0.3 is 12.2 Å². The minimum atomic E-state index is -0.495. The van der Waals surface area contributed by atoms with Crippen molar-refractivity contribution < 1.29 is 28.5 Å². The molecule has 0 bridgehead atoms. The lowest BCUT2D eigenvalue weighted by atomic mass is 9.98. The number of rotatable bonds is 6. The second-order valence-corrected chi connectivity index (χ2v) is 13.5. The highest BCUT2D eigenvalue weighted by Crippen LogP contribution is 2.18. The van der Waals surface area contributed by atoms with E-state index >= 15 is 0 Å². The van der Waals surface area contributed by atoms with Gasteiger partial charge in [-0.25, -0.2) is 9.59 Å². The topological polar surface area (TPSA) is 95.1 Å². The molecule has 10 heteroatoms. The largest absolute Gasteiger partial charge is 0.484 e. The molecule has 2 atom stereocenters. The highest BCUT2D eigenvalue weighted by atomic mass is 32.1. The van der Waals surface area contributed by atoms with Gasteiger partial charge in [0.2, 0.25) is 0 Å². The van der Waals surface area contributed by atoms with Crippen molar-refractivity contribution in [3.8, 4) is 0 Å². The molecule has 0 fully saturated rings. The number of amides is 2. The molecule has 2 N–H and O–H groups in total. The van der Waals surface area contributed by atoms with Gasteiger partial charge in [0.25, 0.3) is 0 Å². The quantitative estimate of drug-likeness (QED) is 0.358. The predicted molar refractivity (Wildman–Crippen MR) is 154 cm³/mol. The molecule has 0 aromatic heterocycles. The minimum Gasteiger partial charge on any atom is -0.484 e. The number of ether oxygens (including phenoxy) is 4. The van der Waals surface area contributed by atoms with Crippen molar-refractivity contribution in [1.29, 1.82) is 0 Å². The van der Waals surface area contributed by atoms with Crippen LogP contribution in [0.25, 0.3) is 0 Å². The Labute approximate surface area is 229 Å². The first-order valence-corrected chi connectivity index (χ1v) is 13.0. The lowest BCUT2D eigenvalue weighted by Crippen LogP contribution is -2.40. The monoisotopic (exact) mass is 550 g/mol. The van der Waals surface area contributed by atoms with Gasteiger partial charge in [-0.15, -0.1) is 0 Å². The third-order valence-electron chi connectivity index (χ3n) is 3.68. The third-order valence-corrected chi connectivity index (χ3v) is 5.14. The van der Waals surface area contributed by atoms with E-state index in [0.29, 0.717) is 23.3 Å². The van der Waals surface area contributed by atoms with Gasteiger partial charge in [0.1, 0.15) is 24.4 Å². The number of hydrogen-bond donors (Lipinski definition) is 2. The number of carbonyl (C=O) groups excluding carboxylic acids is 2. The van der Waals surface area contributed by atoms with Crippen LogP contribution in [0.4, 0.5) is 9.59 Å². The van der Waals surface area contributed by atoms with Crippen molar-refractivity contribution in [2.75, 3.05) is 13.2 Å². The summed E-state index contributed by atoms with van der Waals surface area (Å²) >= 11 is 10.3. The molecule has 212 valence electrons. The molecule has 0 aromatic carbocycles. The molecule has 0 unspecified atom stereocenters. The second-order valence-electron chi connectivity index (χ2n) is 12.8. The van der Waals surface area contributed by atoms with Crippen molar-refractivity contribution in [1.82, 2.24) is 10.6 Å². The Kier molecular flexibility index (Phi) is 15.1. The maximum Gasteiger partial charge on any atom is 0.407 e. The first kappa shape index (κ1) is 36.5. The molecular formula is C26H50N2O6S2. The van der Waals surface area contributed by atoms with E-state index in [1.54, 1.807) is 0 Å². The smallest absolute Gasteiger partial charge is 0.407 e. The van der Waals surface area contributed by atoms with Crippen molar-refractivity contribution in [2.24, 2.45) is 10.8 Å². The Hall–Kier alpha value is -1.68. The number of nitrogens with one attached hydrogen (secondary N) is 2. The number of thiocarbonyl (C=S) groups is 2. The van der Waals surface area contributed by atoms with Crippen LogP contribution in [0.15, 0.2) is 0 Å². The Balaban J connectivity index is 0. The zero-order valence-electron chi connectivity index (χ0n) is 24.8. The maximum absolute atomic E-state index is 11.5.